The molecule has 20 heavy (non-hydrogen) atoms. The fourth-order valence-corrected chi connectivity index (χ4v) is 2.27. The van der Waals surface area contributed by atoms with E-state index >= 15 is 0 Å². The van der Waals surface area contributed by atoms with Gasteiger partial charge in [0.25, 0.3) is 0 Å². The van der Waals surface area contributed by atoms with Crippen molar-refractivity contribution in [3.63, 3.8) is 0 Å². The van der Waals surface area contributed by atoms with Gasteiger partial charge in [-0.3, -0.25) is 0 Å². The van der Waals surface area contributed by atoms with Crippen molar-refractivity contribution < 1.29 is 5.21 Å². The number of aryl methyl sites for hydroxylation is 1. The van der Waals surface area contributed by atoms with Crippen LogP contribution in [0.4, 0.5) is 5.82 Å². The maximum Gasteiger partial charge on any atom is 0.174 e. The Labute approximate surface area is 121 Å². The van der Waals surface area contributed by atoms with Crippen LogP contribution >= 0.6 is 0 Å². The second-order valence-corrected chi connectivity index (χ2v) is 5.31. The number of hydrogen-bond acceptors (Lipinski definition) is 4. The van der Waals surface area contributed by atoms with Crippen molar-refractivity contribution in [3.05, 3.63) is 23.4 Å². The van der Waals surface area contributed by atoms with Crippen LogP contribution in [-0.4, -0.2) is 28.6 Å². The van der Waals surface area contributed by atoms with Gasteiger partial charge in [0, 0.05) is 18.8 Å². The Hall–Kier alpha value is -1.78. The minimum absolute atomic E-state index is 0.117. The molecule has 0 saturated heterocycles. The Bertz CT molecular complexity index is 457. The predicted octanol–water partition coefficient (Wildman–Crippen LogP) is 2.89. The molecular formula is C15H26N4O. The summed E-state index contributed by atoms with van der Waals surface area (Å²) in [5, 5.41) is 12.1. The number of nitrogens with zero attached hydrogens (tertiary/aromatic N) is 3. The van der Waals surface area contributed by atoms with Crippen LogP contribution in [0.3, 0.4) is 0 Å². The first kappa shape index (κ1) is 16.3. The van der Waals surface area contributed by atoms with Gasteiger partial charge in [0.05, 0.1) is 5.56 Å². The molecular weight excluding hydrogens is 252 g/mol. The van der Waals surface area contributed by atoms with Gasteiger partial charge >= 0.3 is 0 Å². The minimum Gasteiger partial charge on any atom is -0.409 e. The molecule has 0 radical (unpaired) electrons. The van der Waals surface area contributed by atoms with E-state index in [9.17, 15) is 0 Å². The molecule has 1 aromatic heterocycles. The third-order valence-electron chi connectivity index (χ3n) is 3.40. The van der Waals surface area contributed by atoms with E-state index in [-0.39, 0.29) is 5.84 Å². The van der Waals surface area contributed by atoms with Crippen molar-refractivity contribution in [3.8, 4) is 0 Å². The van der Waals surface area contributed by atoms with Crippen molar-refractivity contribution in [2.75, 3.05) is 11.4 Å². The van der Waals surface area contributed by atoms with Gasteiger partial charge in [-0.1, -0.05) is 24.9 Å². The molecule has 5 nitrogen and oxygen atoms in total. The van der Waals surface area contributed by atoms with Crippen LogP contribution in [0.5, 0.6) is 0 Å². The maximum atomic E-state index is 8.99. The van der Waals surface area contributed by atoms with Crippen molar-refractivity contribution in [2.24, 2.45) is 10.9 Å². The zero-order valence-electron chi connectivity index (χ0n) is 12.9. The molecule has 0 aliphatic carbocycles. The monoisotopic (exact) mass is 278 g/mol. The number of unbranched alkanes of at least 4 members (excludes halogenated alkanes) is 2. The number of hydrogen-bond donors (Lipinski definition) is 2. The first-order valence-corrected chi connectivity index (χ1v) is 7.23. The molecule has 0 aliphatic heterocycles. The van der Waals surface area contributed by atoms with Crippen molar-refractivity contribution >= 4 is 11.7 Å². The number of pyridine rings is 1. The smallest absolute Gasteiger partial charge is 0.174 e. The molecule has 0 bridgehead atoms. The van der Waals surface area contributed by atoms with Gasteiger partial charge < -0.3 is 15.8 Å². The summed E-state index contributed by atoms with van der Waals surface area (Å²) in [6.45, 7) is 9.32. The summed E-state index contributed by atoms with van der Waals surface area (Å²) in [5.74, 6) is 0.915. The maximum absolute atomic E-state index is 8.99. The van der Waals surface area contributed by atoms with Gasteiger partial charge in [-0.25, -0.2) is 4.98 Å². The summed E-state index contributed by atoms with van der Waals surface area (Å²) in [5.41, 5.74) is 7.51. The van der Waals surface area contributed by atoms with E-state index in [0.29, 0.717) is 6.04 Å². The lowest BCUT2D eigenvalue weighted by Crippen LogP contribution is -2.35. The molecule has 1 aromatic rings. The first-order valence-electron chi connectivity index (χ1n) is 7.23. The fourth-order valence-electron chi connectivity index (χ4n) is 2.27. The van der Waals surface area contributed by atoms with Crippen LogP contribution in [0.2, 0.25) is 0 Å². The molecule has 0 aliphatic rings. The van der Waals surface area contributed by atoms with Crippen LogP contribution in [0.25, 0.3) is 0 Å². The molecule has 3 N–H and O–H groups in total. The second-order valence-electron chi connectivity index (χ2n) is 5.31. The Morgan fingerprint density at radius 1 is 1.45 bits per heavy atom. The van der Waals surface area contributed by atoms with Crippen molar-refractivity contribution in [1.82, 2.24) is 4.98 Å². The normalized spacial score (nSPS) is 11.9. The summed E-state index contributed by atoms with van der Waals surface area (Å²) in [7, 11) is 0. The highest BCUT2D eigenvalue weighted by Gasteiger charge is 2.19. The topological polar surface area (TPSA) is 74.7 Å². The van der Waals surface area contributed by atoms with Gasteiger partial charge in [0.2, 0.25) is 0 Å². The lowest BCUT2D eigenvalue weighted by molar-refractivity contribution is 0.318. The summed E-state index contributed by atoms with van der Waals surface area (Å²) in [4.78, 5) is 6.68. The number of rotatable bonds is 7. The molecule has 0 amide bonds. The average Bonchev–Trinajstić information content (AvgIpc) is 2.42. The Kier molecular flexibility index (Phi) is 6.28. The standard InChI is InChI=1S/C15H26N4O/c1-5-6-7-10-19(11(2)3)15-13(14(16)18-20)12(4)8-9-17-15/h8-9,11,20H,5-7,10H2,1-4H3,(H2,16,18). The summed E-state index contributed by atoms with van der Waals surface area (Å²) < 4.78 is 0. The number of amidine groups is 1. The molecule has 0 atom stereocenters. The fraction of sp³-hybridized carbons (Fsp3) is 0.600. The number of nitrogens with two attached hydrogens (primary N) is 1. The van der Waals surface area contributed by atoms with E-state index in [2.05, 4.69) is 35.8 Å². The van der Waals surface area contributed by atoms with E-state index in [0.717, 1.165) is 29.9 Å². The minimum atomic E-state index is 0.117. The Morgan fingerprint density at radius 3 is 2.70 bits per heavy atom. The quantitative estimate of drug-likeness (QED) is 0.264. The van der Waals surface area contributed by atoms with Crippen LogP contribution in [0.1, 0.15) is 51.2 Å². The average molecular weight is 278 g/mol. The number of anilines is 1. The third-order valence-corrected chi connectivity index (χ3v) is 3.40. The molecule has 0 spiro atoms. The second kappa shape index (κ2) is 7.72. The molecule has 0 aromatic carbocycles. The molecule has 0 saturated carbocycles. The Morgan fingerprint density at radius 2 is 2.15 bits per heavy atom. The zero-order chi connectivity index (χ0) is 15.1. The van der Waals surface area contributed by atoms with E-state index in [1.54, 1.807) is 6.20 Å². The zero-order valence-corrected chi connectivity index (χ0v) is 12.9. The van der Waals surface area contributed by atoms with E-state index < -0.39 is 0 Å². The highest BCUT2D eigenvalue weighted by atomic mass is 16.4. The van der Waals surface area contributed by atoms with Crippen LogP contribution in [-0.2, 0) is 0 Å². The van der Waals surface area contributed by atoms with Crippen molar-refractivity contribution in [1.29, 1.82) is 0 Å². The highest BCUT2D eigenvalue weighted by Crippen LogP contribution is 2.23. The van der Waals surface area contributed by atoms with Gasteiger partial charge in [-0.05, 0) is 38.8 Å². The number of oxime groups is 1. The number of aromatic nitrogens is 1. The molecule has 5 heteroatoms. The summed E-state index contributed by atoms with van der Waals surface area (Å²) >= 11 is 0. The van der Waals surface area contributed by atoms with E-state index in [4.69, 9.17) is 10.9 Å². The SMILES string of the molecule is CCCCCN(c1nccc(C)c1/C(N)=N/O)C(C)C. The van der Waals surface area contributed by atoms with Gasteiger partial charge in [0.1, 0.15) is 5.82 Å². The molecule has 1 heterocycles. The van der Waals surface area contributed by atoms with Gasteiger partial charge in [-0.2, -0.15) is 0 Å². The molecule has 1 rings (SSSR count). The van der Waals surface area contributed by atoms with Crippen LogP contribution < -0.4 is 10.6 Å². The molecule has 112 valence electrons. The van der Waals surface area contributed by atoms with Crippen LogP contribution in [0.15, 0.2) is 17.4 Å². The van der Waals surface area contributed by atoms with Crippen molar-refractivity contribution in [2.45, 2.75) is 53.0 Å². The van der Waals surface area contributed by atoms with Gasteiger partial charge in [0.15, 0.2) is 5.84 Å². The first-order chi connectivity index (χ1) is 9.52. The predicted molar refractivity (Wildman–Crippen MR) is 83.5 cm³/mol. The molecule has 0 fully saturated rings. The summed E-state index contributed by atoms with van der Waals surface area (Å²) in [6, 6.07) is 2.19. The summed E-state index contributed by atoms with van der Waals surface area (Å²) in [6.07, 6.45) is 5.25. The highest BCUT2D eigenvalue weighted by molar-refractivity contribution is 6.02. The largest absolute Gasteiger partial charge is 0.409 e. The van der Waals surface area contributed by atoms with Crippen LogP contribution in [0, 0.1) is 6.92 Å². The third kappa shape index (κ3) is 3.85. The Balaban J connectivity index is 3.16. The lowest BCUT2D eigenvalue weighted by atomic mass is 10.1. The molecule has 0 unspecified atom stereocenters. The van der Waals surface area contributed by atoms with Gasteiger partial charge in [-0.15, -0.1) is 0 Å². The van der Waals surface area contributed by atoms with E-state index in [1.807, 2.05) is 13.0 Å². The lowest BCUT2D eigenvalue weighted by Gasteiger charge is -2.30. The van der Waals surface area contributed by atoms with E-state index in [1.165, 1.54) is 12.8 Å².